The standard InChI is InChI=1S/C23H27N3O7/c1-14-16-8-7-15(24)12-18(16)32-23(31)17(14)13-21(29)25(2)11-5-3-4-6-22(30)33-26-19(27)9-10-20(26)28/h7-8,12H,3-6,9-11,13,24H2,1-2H3. The maximum absolute atomic E-state index is 12.6. The monoisotopic (exact) mass is 457 g/mol. The van der Waals surface area contributed by atoms with E-state index in [-0.39, 0.29) is 31.6 Å². The summed E-state index contributed by atoms with van der Waals surface area (Å²) in [4.78, 5) is 66.0. The van der Waals surface area contributed by atoms with Gasteiger partial charge in [-0.1, -0.05) is 6.42 Å². The minimum atomic E-state index is -0.636. The van der Waals surface area contributed by atoms with Gasteiger partial charge < -0.3 is 19.9 Å². The first-order valence-electron chi connectivity index (χ1n) is 10.8. The fraction of sp³-hybridized carbons (Fsp3) is 0.435. The number of nitrogens with two attached hydrogens (primary N) is 1. The molecule has 2 heterocycles. The highest BCUT2D eigenvalue weighted by Gasteiger charge is 2.32. The highest BCUT2D eigenvalue weighted by atomic mass is 16.7. The van der Waals surface area contributed by atoms with Gasteiger partial charge in [0.25, 0.3) is 11.8 Å². The lowest BCUT2D eigenvalue weighted by Gasteiger charge is -2.18. The number of aryl methyl sites for hydroxylation is 1. The Morgan fingerprint density at radius 3 is 2.52 bits per heavy atom. The molecule has 1 aliphatic rings. The summed E-state index contributed by atoms with van der Waals surface area (Å²) in [5.74, 6) is -1.87. The SMILES string of the molecule is Cc1c(CC(=O)N(C)CCCCCC(=O)ON2C(=O)CCC2=O)c(=O)oc2cc(N)ccc12. The Morgan fingerprint density at radius 2 is 1.82 bits per heavy atom. The number of anilines is 1. The molecular formula is C23H27N3O7. The number of carbonyl (C=O) groups is 4. The van der Waals surface area contributed by atoms with Gasteiger partial charge >= 0.3 is 11.6 Å². The molecule has 0 atom stereocenters. The number of hydroxylamine groups is 2. The summed E-state index contributed by atoms with van der Waals surface area (Å²) >= 11 is 0. The summed E-state index contributed by atoms with van der Waals surface area (Å²) in [6.45, 7) is 2.23. The third-order valence-corrected chi connectivity index (χ3v) is 5.64. The second-order valence-electron chi connectivity index (χ2n) is 8.10. The lowest BCUT2D eigenvalue weighted by molar-refractivity contribution is -0.197. The van der Waals surface area contributed by atoms with Gasteiger partial charge in [0, 0.05) is 50.0 Å². The van der Waals surface area contributed by atoms with Gasteiger partial charge in [-0.25, -0.2) is 9.59 Å². The molecule has 2 N–H and O–H groups in total. The number of fused-ring (bicyclic) bond motifs is 1. The molecule has 1 saturated heterocycles. The molecule has 0 unspecified atom stereocenters. The van der Waals surface area contributed by atoms with Crippen LogP contribution in [0.3, 0.4) is 0 Å². The van der Waals surface area contributed by atoms with E-state index in [9.17, 15) is 24.0 Å². The Kier molecular flexibility index (Phi) is 7.47. The number of imide groups is 1. The first-order valence-corrected chi connectivity index (χ1v) is 10.8. The Morgan fingerprint density at radius 1 is 1.12 bits per heavy atom. The maximum Gasteiger partial charge on any atom is 0.340 e. The largest absolute Gasteiger partial charge is 0.422 e. The Bertz CT molecular complexity index is 1140. The average Bonchev–Trinajstić information content (AvgIpc) is 3.07. The molecule has 3 rings (SSSR count). The first kappa shape index (κ1) is 24.0. The van der Waals surface area contributed by atoms with Gasteiger partial charge in [0.1, 0.15) is 5.58 Å². The number of amides is 3. The van der Waals surface area contributed by atoms with Gasteiger partial charge in [0.15, 0.2) is 0 Å². The van der Waals surface area contributed by atoms with Crippen molar-refractivity contribution in [2.75, 3.05) is 19.3 Å². The van der Waals surface area contributed by atoms with E-state index < -0.39 is 23.4 Å². The van der Waals surface area contributed by atoms with E-state index in [0.717, 1.165) is 5.39 Å². The summed E-state index contributed by atoms with van der Waals surface area (Å²) in [5, 5.41) is 1.27. The quantitative estimate of drug-likeness (QED) is 0.260. The molecule has 1 aliphatic heterocycles. The Balaban J connectivity index is 1.44. The molecule has 3 amide bonds. The van der Waals surface area contributed by atoms with Gasteiger partial charge in [0.05, 0.1) is 12.0 Å². The molecule has 176 valence electrons. The molecule has 0 spiro atoms. The van der Waals surface area contributed by atoms with Crippen LogP contribution in [0.1, 0.15) is 49.7 Å². The molecule has 0 bridgehead atoms. The number of unbranched alkanes of at least 4 members (excludes halogenated alkanes) is 2. The van der Waals surface area contributed by atoms with Crippen molar-refractivity contribution in [2.24, 2.45) is 0 Å². The van der Waals surface area contributed by atoms with Crippen LogP contribution < -0.4 is 11.4 Å². The zero-order valence-corrected chi connectivity index (χ0v) is 18.7. The summed E-state index contributed by atoms with van der Waals surface area (Å²) in [5.41, 5.74) is 7.06. The van der Waals surface area contributed by atoms with Crippen molar-refractivity contribution < 1.29 is 28.4 Å². The highest BCUT2D eigenvalue weighted by Crippen LogP contribution is 2.22. The summed E-state index contributed by atoms with van der Waals surface area (Å²) in [7, 11) is 1.65. The second kappa shape index (κ2) is 10.3. The van der Waals surface area contributed by atoms with Crippen molar-refractivity contribution in [1.82, 2.24) is 9.96 Å². The molecule has 0 aliphatic carbocycles. The predicted octanol–water partition coefficient (Wildman–Crippen LogP) is 1.85. The lowest BCUT2D eigenvalue weighted by Crippen LogP contribution is -2.32. The molecule has 10 heteroatoms. The average molecular weight is 457 g/mol. The van der Waals surface area contributed by atoms with Crippen LogP contribution in [-0.4, -0.2) is 47.2 Å². The smallest absolute Gasteiger partial charge is 0.340 e. The maximum atomic E-state index is 12.6. The van der Waals surface area contributed by atoms with Crippen molar-refractivity contribution in [1.29, 1.82) is 0 Å². The lowest BCUT2D eigenvalue weighted by atomic mass is 10.0. The third-order valence-electron chi connectivity index (χ3n) is 5.64. The molecule has 1 aromatic carbocycles. The van der Waals surface area contributed by atoms with Crippen LogP contribution in [0.15, 0.2) is 27.4 Å². The topological polar surface area (TPSA) is 140 Å². The number of hydrogen-bond acceptors (Lipinski definition) is 8. The molecule has 1 fully saturated rings. The number of likely N-dealkylation sites (N-methyl/N-ethyl adjacent to an activating group) is 1. The third kappa shape index (κ3) is 5.76. The van der Waals surface area contributed by atoms with Crippen molar-refractivity contribution in [2.45, 2.75) is 51.9 Å². The Labute approximate surface area is 190 Å². The molecule has 33 heavy (non-hydrogen) atoms. The van der Waals surface area contributed by atoms with Crippen LogP contribution in [0.25, 0.3) is 11.0 Å². The molecular weight excluding hydrogens is 430 g/mol. The molecule has 0 radical (unpaired) electrons. The number of nitrogens with zero attached hydrogens (tertiary/aromatic N) is 2. The predicted molar refractivity (Wildman–Crippen MR) is 119 cm³/mol. The summed E-state index contributed by atoms with van der Waals surface area (Å²) in [6, 6.07) is 5.06. The second-order valence-corrected chi connectivity index (χ2v) is 8.10. The van der Waals surface area contributed by atoms with E-state index in [1.165, 1.54) is 4.90 Å². The minimum absolute atomic E-state index is 0.0573. The molecule has 0 saturated carbocycles. The van der Waals surface area contributed by atoms with E-state index in [1.54, 1.807) is 32.2 Å². The van der Waals surface area contributed by atoms with Gasteiger partial charge in [-0.3, -0.25) is 14.4 Å². The van der Waals surface area contributed by atoms with Crippen LogP contribution >= 0.6 is 0 Å². The van der Waals surface area contributed by atoms with Crippen LogP contribution in [0.4, 0.5) is 5.69 Å². The van der Waals surface area contributed by atoms with Crippen LogP contribution in [-0.2, 0) is 30.4 Å². The number of benzene rings is 1. The van der Waals surface area contributed by atoms with E-state index in [2.05, 4.69) is 0 Å². The Hall–Kier alpha value is -3.69. The van der Waals surface area contributed by atoms with Gasteiger partial charge in [-0.05, 0) is 37.5 Å². The van der Waals surface area contributed by atoms with Crippen molar-refractivity contribution in [3.63, 3.8) is 0 Å². The zero-order chi connectivity index (χ0) is 24.1. The highest BCUT2D eigenvalue weighted by molar-refractivity contribution is 6.01. The molecule has 10 nitrogen and oxygen atoms in total. The number of carbonyl (C=O) groups excluding carboxylic acids is 4. The van der Waals surface area contributed by atoms with E-state index in [1.807, 2.05) is 0 Å². The normalized spacial score (nSPS) is 13.6. The number of hydrogen-bond donors (Lipinski definition) is 1. The number of rotatable bonds is 9. The van der Waals surface area contributed by atoms with Gasteiger partial charge in [-0.15, -0.1) is 5.06 Å². The fourth-order valence-corrected chi connectivity index (χ4v) is 3.63. The van der Waals surface area contributed by atoms with E-state index >= 15 is 0 Å². The molecule has 1 aromatic heterocycles. The zero-order valence-electron chi connectivity index (χ0n) is 18.7. The van der Waals surface area contributed by atoms with Gasteiger partial charge in [-0.2, -0.15) is 0 Å². The van der Waals surface area contributed by atoms with Crippen molar-refractivity contribution in [3.8, 4) is 0 Å². The first-order chi connectivity index (χ1) is 15.7. The summed E-state index contributed by atoms with van der Waals surface area (Å²) < 4.78 is 5.34. The van der Waals surface area contributed by atoms with Crippen LogP contribution in [0.5, 0.6) is 0 Å². The van der Waals surface area contributed by atoms with Crippen molar-refractivity contribution >= 4 is 40.3 Å². The van der Waals surface area contributed by atoms with Gasteiger partial charge in [0.2, 0.25) is 5.91 Å². The minimum Gasteiger partial charge on any atom is -0.422 e. The van der Waals surface area contributed by atoms with Crippen LogP contribution in [0, 0.1) is 6.92 Å². The fourth-order valence-electron chi connectivity index (χ4n) is 3.63. The van der Waals surface area contributed by atoms with Crippen LogP contribution in [0.2, 0.25) is 0 Å². The number of nitrogen functional groups attached to an aromatic ring is 1. The van der Waals surface area contributed by atoms with Crippen molar-refractivity contribution in [3.05, 3.63) is 39.7 Å². The molecule has 2 aromatic rings. The summed E-state index contributed by atoms with van der Waals surface area (Å²) in [6.07, 6.45) is 1.89. The van der Waals surface area contributed by atoms with E-state index in [0.29, 0.717) is 53.3 Å². The van der Waals surface area contributed by atoms with E-state index in [4.69, 9.17) is 15.0 Å².